The summed E-state index contributed by atoms with van der Waals surface area (Å²) in [4.78, 5) is 28.1. The van der Waals surface area contributed by atoms with Crippen molar-refractivity contribution in [3.05, 3.63) is 59.3 Å². The van der Waals surface area contributed by atoms with E-state index in [0.717, 1.165) is 18.4 Å². The third-order valence-electron chi connectivity index (χ3n) is 4.80. The van der Waals surface area contributed by atoms with Gasteiger partial charge in [0.2, 0.25) is 15.9 Å². The van der Waals surface area contributed by atoms with Crippen molar-refractivity contribution >= 4 is 21.6 Å². The zero-order valence-electron chi connectivity index (χ0n) is 16.9. The average Bonchev–Trinajstić information content (AvgIpc) is 3.52. The first-order chi connectivity index (χ1) is 14.8. The first-order valence-corrected chi connectivity index (χ1v) is 11.3. The highest BCUT2D eigenvalue weighted by Crippen LogP contribution is 2.36. The van der Waals surface area contributed by atoms with Gasteiger partial charge in [0.15, 0.2) is 5.82 Å². The molecule has 0 spiro atoms. The molecule has 0 aliphatic heterocycles. The van der Waals surface area contributed by atoms with Gasteiger partial charge in [-0.3, -0.25) is 14.3 Å². The molecular formula is C20H22N6O4S. The molecule has 1 aliphatic rings. The first-order valence-electron chi connectivity index (χ1n) is 9.82. The van der Waals surface area contributed by atoms with E-state index in [-0.39, 0.29) is 35.6 Å². The standard InChI is InChI=1S/C20H22N6O4S/c1-14(27)23-16-4-8-18(9-5-16)31(29,30)22-11-12-25-20(28)26(17-6-7-17)19(24-25)15-3-2-10-21-13-15/h2-5,8-10,13,17,22H,6-7,11-12H2,1H3,(H,23,27). The summed E-state index contributed by atoms with van der Waals surface area (Å²) in [6.45, 7) is 1.47. The summed E-state index contributed by atoms with van der Waals surface area (Å²) < 4.78 is 30.5. The van der Waals surface area contributed by atoms with Gasteiger partial charge in [-0.1, -0.05) is 0 Å². The lowest BCUT2D eigenvalue weighted by atomic mass is 10.3. The van der Waals surface area contributed by atoms with Crippen molar-refractivity contribution in [2.24, 2.45) is 0 Å². The van der Waals surface area contributed by atoms with Crippen LogP contribution in [0.2, 0.25) is 0 Å². The van der Waals surface area contributed by atoms with Crippen LogP contribution in [0.1, 0.15) is 25.8 Å². The first kappa shape index (κ1) is 20.9. The quantitative estimate of drug-likeness (QED) is 0.542. The number of sulfonamides is 1. The SMILES string of the molecule is CC(=O)Nc1ccc(S(=O)(=O)NCCn2nc(-c3cccnc3)n(C3CC3)c2=O)cc1. The molecule has 4 rings (SSSR count). The second kappa shape index (κ2) is 8.44. The maximum atomic E-state index is 12.8. The number of anilines is 1. The van der Waals surface area contributed by atoms with Crippen LogP contribution < -0.4 is 15.7 Å². The molecule has 1 aromatic carbocycles. The highest BCUT2D eigenvalue weighted by atomic mass is 32.2. The Bertz CT molecular complexity index is 1250. The van der Waals surface area contributed by atoms with E-state index in [1.54, 1.807) is 23.0 Å². The minimum absolute atomic E-state index is 0.00382. The topological polar surface area (TPSA) is 128 Å². The van der Waals surface area contributed by atoms with Crippen LogP contribution in [-0.2, 0) is 21.4 Å². The van der Waals surface area contributed by atoms with E-state index in [1.165, 1.54) is 35.9 Å². The van der Waals surface area contributed by atoms with Gasteiger partial charge in [0.1, 0.15) is 0 Å². The Balaban J connectivity index is 1.47. The number of rotatable bonds is 8. The molecule has 10 nitrogen and oxygen atoms in total. The fourth-order valence-corrected chi connectivity index (χ4v) is 4.23. The van der Waals surface area contributed by atoms with E-state index in [0.29, 0.717) is 11.5 Å². The Labute approximate surface area is 179 Å². The predicted molar refractivity (Wildman–Crippen MR) is 114 cm³/mol. The number of nitrogens with one attached hydrogen (secondary N) is 2. The van der Waals surface area contributed by atoms with Gasteiger partial charge in [-0.15, -0.1) is 5.10 Å². The van der Waals surface area contributed by atoms with Crippen molar-refractivity contribution in [1.82, 2.24) is 24.1 Å². The number of carbonyl (C=O) groups is 1. The molecule has 2 heterocycles. The monoisotopic (exact) mass is 442 g/mol. The number of amides is 1. The summed E-state index contributed by atoms with van der Waals surface area (Å²) in [5.74, 6) is 0.299. The molecule has 1 aliphatic carbocycles. The van der Waals surface area contributed by atoms with Crippen LogP contribution in [0.5, 0.6) is 0 Å². The molecule has 31 heavy (non-hydrogen) atoms. The Kier molecular flexibility index (Phi) is 5.70. The minimum Gasteiger partial charge on any atom is -0.326 e. The van der Waals surface area contributed by atoms with Crippen molar-refractivity contribution in [2.75, 3.05) is 11.9 Å². The second-order valence-corrected chi connectivity index (χ2v) is 9.04. The van der Waals surface area contributed by atoms with Gasteiger partial charge >= 0.3 is 5.69 Å². The summed E-state index contributed by atoms with van der Waals surface area (Å²) in [6.07, 6.45) is 5.13. The molecule has 0 saturated heterocycles. The van der Waals surface area contributed by atoms with Crippen molar-refractivity contribution < 1.29 is 13.2 Å². The van der Waals surface area contributed by atoms with E-state index in [2.05, 4.69) is 20.1 Å². The van der Waals surface area contributed by atoms with Crippen molar-refractivity contribution in [3.63, 3.8) is 0 Å². The summed E-state index contributed by atoms with van der Waals surface area (Å²) in [6, 6.07) is 9.57. The normalized spacial score (nSPS) is 13.8. The number of pyridine rings is 1. The lowest BCUT2D eigenvalue weighted by Crippen LogP contribution is -2.32. The number of hydrogen-bond donors (Lipinski definition) is 2. The molecule has 1 saturated carbocycles. The van der Waals surface area contributed by atoms with Gasteiger partial charge in [0, 0.05) is 43.2 Å². The zero-order valence-corrected chi connectivity index (χ0v) is 17.7. The van der Waals surface area contributed by atoms with Crippen molar-refractivity contribution in [1.29, 1.82) is 0 Å². The van der Waals surface area contributed by atoms with Crippen LogP contribution in [0.25, 0.3) is 11.4 Å². The third kappa shape index (κ3) is 4.72. The summed E-state index contributed by atoms with van der Waals surface area (Å²) in [7, 11) is -3.77. The molecule has 11 heteroatoms. The Morgan fingerprint density at radius 2 is 1.94 bits per heavy atom. The van der Waals surface area contributed by atoms with Crippen LogP contribution in [-0.4, -0.2) is 40.2 Å². The predicted octanol–water partition coefficient (Wildman–Crippen LogP) is 1.38. The van der Waals surface area contributed by atoms with E-state index < -0.39 is 10.0 Å². The average molecular weight is 443 g/mol. The van der Waals surface area contributed by atoms with Crippen LogP contribution in [0.4, 0.5) is 5.69 Å². The number of aromatic nitrogens is 4. The van der Waals surface area contributed by atoms with E-state index in [9.17, 15) is 18.0 Å². The molecule has 2 N–H and O–H groups in total. The van der Waals surface area contributed by atoms with Crippen LogP contribution in [0.15, 0.2) is 58.5 Å². The lowest BCUT2D eigenvalue weighted by Gasteiger charge is -2.08. The van der Waals surface area contributed by atoms with E-state index in [4.69, 9.17) is 0 Å². The van der Waals surface area contributed by atoms with Crippen molar-refractivity contribution in [2.45, 2.75) is 37.2 Å². The van der Waals surface area contributed by atoms with Crippen LogP contribution in [0, 0.1) is 0 Å². The molecule has 162 valence electrons. The molecule has 0 bridgehead atoms. The number of benzene rings is 1. The van der Waals surface area contributed by atoms with Crippen LogP contribution in [0.3, 0.4) is 0 Å². The molecular weight excluding hydrogens is 420 g/mol. The second-order valence-electron chi connectivity index (χ2n) is 7.28. The summed E-state index contributed by atoms with van der Waals surface area (Å²) in [5.41, 5.74) is 0.983. The van der Waals surface area contributed by atoms with Crippen LogP contribution >= 0.6 is 0 Å². The van der Waals surface area contributed by atoms with E-state index in [1.807, 2.05) is 6.07 Å². The van der Waals surface area contributed by atoms with Gasteiger partial charge in [-0.2, -0.15) is 0 Å². The minimum atomic E-state index is -3.77. The number of carbonyl (C=O) groups excluding carboxylic acids is 1. The van der Waals surface area contributed by atoms with Gasteiger partial charge in [0.25, 0.3) is 0 Å². The molecule has 0 unspecified atom stereocenters. The number of nitrogens with zero attached hydrogens (tertiary/aromatic N) is 4. The smallest absolute Gasteiger partial charge is 0.326 e. The molecule has 0 atom stereocenters. The molecule has 2 aromatic heterocycles. The maximum absolute atomic E-state index is 12.8. The highest BCUT2D eigenvalue weighted by Gasteiger charge is 2.30. The molecule has 3 aromatic rings. The summed E-state index contributed by atoms with van der Waals surface area (Å²) >= 11 is 0. The Hall–Kier alpha value is -3.31. The third-order valence-corrected chi connectivity index (χ3v) is 6.28. The highest BCUT2D eigenvalue weighted by molar-refractivity contribution is 7.89. The maximum Gasteiger partial charge on any atom is 0.346 e. The Morgan fingerprint density at radius 3 is 2.55 bits per heavy atom. The molecule has 1 fully saturated rings. The largest absolute Gasteiger partial charge is 0.346 e. The fourth-order valence-electron chi connectivity index (χ4n) is 3.21. The van der Waals surface area contributed by atoms with Gasteiger partial charge in [-0.25, -0.2) is 22.6 Å². The Morgan fingerprint density at radius 1 is 1.19 bits per heavy atom. The lowest BCUT2D eigenvalue weighted by molar-refractivity contribution is -0.114. The zero-order chi connectivity index (χ0) is 22.0. The van der Waals surface area contributed by atoms with Gasteiger partial charge in [0.05, 0.1) is 11.4 Å². The molecule has 0 radical (unpaired) electrons. The molecule has 1 amide bonds. The fraction of sp³-hybridized carbons (Fsp3) is 0.300. The van der Waals surface area contributed by atoms with Crippen molar-refractivity contribution in [3.8, 4) is 11.4 Å². The van der Waals surface area contributed by atoms with Gasteiger partial charge < -0.3 is 5.32 Å². The van der Waals surface area contributed by atoms with E-state index >= 15 is 0 Å². The van der Waals surface area contributed by atoms with Gasteiger partial charge in [-0.05, 0) is 49.2 Å². The number of hydrogen-bond acceptors (Lipinski definition) is 6. The summed E-state index contributed by atoms with van der Waals surface area (Å²) in [5, 5.41) is 7.01.